The highest BCUT2D eigenvalue weighted by Crippen LogP contribution is 2.06. The lowest BCUT2D eigenvalue weighted by atomic mass is 10.2. The smallest absolute Gasteiger partial charge is 0.318 e. The third-order valence-corrected chi connectivity index (χ3v) is 4.29. The maximum atomic E-state index is 12.0. The van der Waals surface area contributed by atoms with Gasteiger partial charge in [0.05, 0.1) is 12.3 Å². The number of sulfonamides is 1. The fourth-order valence-corrected chi connectivity index (χ4v) is 2.98. The van der Waals surface area contributed by atoms with E-state index in [9.17, 15) is 18.0 Å². The van der Waals surface area contributed by atoms with Crippen LogP contribution in [-0.2, 0) is 26.0 Å². The van der Waals surface area contributed by atoms with Crippen LogP contribution in [0.25, 0.3) is 0 Å². The summed E-state index contributed by atoms with van der Waals surface area (Å²) >= 11 is 0. The van der Waals surface area contributed by atoms with Crippen LogP contribution in [0.3, 0.4) is 0 Å². The second-order valence-electron chi connectivity index (χ2n) is 4.18. The van der Waals surface area contributed by atoms with Gasteiger partial charge in [-0.1, -0.05) is 30.3 Å². The molecule has 0 heterocycles. The summed E-state index contributed by atoms with van der Waals surface area (Å²) in [7, 11) is -3.86. The van der Waals surface area contributed by atoms with Gasteiger partial charge in [0.2, 0.25) is 15.9 Å². The number of primary amides is 1. The Morgan fingerprint density at radius 1 is 1.15 bits per heavy atom. The molecule has 0 atom stereocenters. The van der Waals surface area contributed by atoms with Crippen molar-refractivity contribution in [2.45, 2.75) is 6.42 Å². The molecule has 0 aliphatic heterocycles. The van der Waals surface area contributed by atoms with Crippen molar-refractivity contribution in [2.75, 3.05) is 18.8 Å². The van der Waals surface area contributed by atoms with Crippen LogP contribution < -0.4 is 5.73 Å². The predicted molar refractivity (Wildman–Crippen MR) is 72.3 cm³/mol. The average Bonchev–Trinajstić information content (AvgIpc) is 2.36. The van der Waals surface area contributed by atoms with Crippen LogP contribution in [0.15, 0.2) is 30.3 Å². The zero-order valence-corrected chi connectivity index (χ0v) is 11.5. The van der Waals surface area contributed by atoms with E-state index in [-0.39, 0.29) is 12.2 Å². The standard InChI is InChI=1S/C12H16N2O5S/c13-11(15)8-14(9-12(16)17)20(18,19)7-6-10-4-2-1-3-5-10/h1-5H,6-9H2,(H2,13,15)(H,16,17). The van der Waals surface area contributed by atoms with Crippen LogP contribution in [0.2, 0.25) is 0 Å². The second kappa shape index (κ2) is 7.01. The van der Waals surface area contributed by atoms with E-state index in [2.05, 4.69) is 0 Å². The third kappa shape index (κ3) is 5.37. The molecule has 0 radical (unpaired) electrons. The molecule has 110 valence electrons. The number of carboxylic acid groups (broad SMARTS) is 1. The third-order valence-electron chi connectivity index (χ3n) is 2.53. The monoisotopic (exact) mass is 300 g/mol. The summed E-state index contributed by atoms with van der Waals surface area (Å²) in [5.74, 6) is -2.51. The predicted octanol–water partition coefficient (Wildman–Crippen LogP) is -0.569. The van der Waals surface area contributed by atoms with E-state index in [0.29, 0.717) is 4.31 Å². The highest BCUT2D eigenvalue weighted by molar-refractivity contribution is 7.89. The summed E-state index contributed by atoms with van der Waals surface area (Å²) in [4.78, 5) is 21.5. The molecular weight excluding hydrogens is 284 g/mol. The minimum absolute atomic E-state index is 0.234. The Kier molecular flexibility index (Phi) is 5.66. The first-order valence-electron chi connectivity index (χ1n) is 5.83. The topological polar surface area (TPSA) is 118 Å². The van der Waals surface area contributed by atoms with Crippen LogP contribution >= 0.6 is 0 Å². The number of carbonyl (C=O) groups is 2. The van der Waals surface area contributed by atoms with Gasteiger partial charge in [0, 0.05) is 0 Å². The Hall–Kier alpha value is -1.93. The number of amides is 1. The van der Waals surface area contributed by atoms with Crippen molar-refractivity contribution in [3.63, 3.8) is 0 Å². The van der Waals surface area contributed by atoms with Crippen molar-refractivity contribution in [3.05, 3.63) is 35.9 Å². The summed E-state index contributed by atoms with van der Waals surface area (Å²) in [6, 6.07) is 8.90. The van der Waals surface area contributed by atoms with Crippen LogP contribution in [0, 0.1) is 0 Å². The molecule has 0 unspecified atom stereocenters. The highest BCUT2D eigenvalue weighted by Gasteiger charge is 2.25. The lowest BCUT2D eigenvalue weighted by molar-refractivity contribution is -0.137. The number of carboxylic acids is 1. The number of hydrogen-bond acceptors (Lipinski definition) is 4. The van der Waals surface area contributed by atoms with Crippen LogP contribution in [0.4, 0.5) is 0 Å². The second-order valence-corrected chi connectivity index (χ2v) is 6.27. The first-order valence-corrected chi connectivity index (χ1v) is 7.44. The van der Waals surface area contributed by atoms with Gasteiger partial charge in [-0.25, -0.2) is 8.42 Å². The number of nitrogens with two attached hydrogens (primary N) is 1. The zero-order chi connectivity index (χ0) is 15.2. The van der Waals surface area contributed by atoms with Crippen molar-refractivity contribution in [3.8, 4) is 0 Å². The van der Waals surface area contributed by atoms with Gasteiger partial charge < -0.3 is 10.8 Å². The number of aliphatic carboxylic acids is 1. The molecule has 7 nitrogen and oxygen atoms in total. The zero-order valence-electron chi connectivity index (χ0n) is 10.7. The van der Waals surface area contributed by atoms with Gasteiger partial charge in [0.25, 0.3) is 0 Å². The first-order chi connectivity index (χ1) is 9.31. The average molecular weight is 300 g/mol. The number of carbonyl (C=O) groups excluding carboxylic acids is 1. The van der Waals surface area contributed by atoms with Crippen molar-refractivity contribution in [1.29, 1.82) is 0 Å². The van der Waals surface area contributed by atoms with E-state index in [4.69, 9.17) is 10.8 Å². The van der Waals surface area contributed by atoms with Crippen LogP contribution in [-0.4, -0.2) is 48.5 Å². The summed E-state index contributed by atoms with van der Waals surface area (Å²) < 4.78 is 24.6. The molecule has 0 aromatic heterocycles. The van der Waals surface area contributed by atoms with E-state index in [1.807, 2.05) is 6.07 Å². The van der Waals surface area contributed by atoms with Gasteiger partial charge in [0.1, 0.15) is 6.54 Å². The molecule has 3 N–H and O–H groups in total. The Labute approximate surface area is 117 Å². The van der Waals surface area contributed by atoms with Gasteiger partial charge in [0.15, 0.2) is 0 Å². The molecule has 0 spiro atoms. The van der Waals surface area contributed by atoms with Crippen molar-refractivity contribution < 1.29 is 23.1 Å². The summed E-state index contributed by atoms with van der Waals surface area (Å²) in [5, 5.41) is 8.69. The number of aryl methyl sites for hydroxylation is 1. The summed E-state index contributed by atoms with van der Waals surface area (Å²) in [5.41, 5.74) is 5.75. The number of rotatable bonds is 8. The molecular formula is C12H16N2O5S. The molecule has 0 saturated heterocycles. The van der Waals surface area contributed by atoms with Crippen molar-refractivity contribution in [1.82, 2.24) is 4.31 Å². The maximum absolute atomic E-state index is 12.0. The molecule has 0 saturated carbocycles. The number of hydrogen-bond donors (Lipinski definition) is 2. The quantitative estimate of drug-likeness (QED) is 0.666. The molecule has 0 fully saturated rings. The minimum atomic E-state index is -3.86. The van der Waals surface area contributed by atoms with E-state index in [1.54, 1.807) is 24.3 Å². The normalized spacial score (nSPS) is 11.4. The Bertz CT molecular complexity index is 555. The number of benzene rings is 1. The fourth-order valence-electron chi connectivity index (χ4n) is 1.60. The van der Waals surface area contributed by atoms with Gasteiger partial charge in [-0.2, -0.15) is 4.31 Å². The van der Waals surface area contributed by atoms with E-state index in [0.717, 1.165) is 5.56 Å². The highest BCUT2D eigenvalue weighted by atomic mass is 32.2. The summed E-state index contributed by atoms with van der Waals surface area (Å²) in [6.45, 7) is -1.41. The van der Waals surface area contributed by atoms with Crippen LogP contribution in [0.5, 0.6) is 0 Å². The fraction of sp³-hybridized carbons (Fsp3) is 0.333. The molecule has 1 aromatic rings. The van der Waals surface area contributed by atoms with Crippen molar-refractivity contribution in [2.24, 2.45) is 5.73 Å². The molecule has 8 heteroatoms. The molecule has 20 heavy (non-hydrogen) atoms. The molecule has 1 rings (SSSR count). The molecule has 1 amide bonds. The molecule has 0 bridgehead atoms. The van der Waals surface area contributed by atoms with E-state index >= 15 is 0 Å². The lowest BCUT2D eigenvalue weighted by Crippen LogP contribution is -2.42. The number of nitrogens with zero attached hydrogens (tertiary/aromatic N) is 1. The Balaban J connectivity index is 2.76. The molecule has 0 aliphatic carbocycles. The minimum Gasteiger partial charge on any atom is -0.480 e. The first kappa shape index (κ1) is 16.1. The van der Waals surface area contributed by atoms with Crippen molar-refractivity contribution >= 4 is 21.9 Å². The maximum Gasteiger partial charge on any atom is 0.318 e. The SMILES string of the molecule is NC(=O)CN(CC(=O)O)S(=O)(=O)CCc1ccccc1. The Morgan fingerprint density at radius 2 is 1.75 bits per heavy atom. The van der Waals surface area contributed by atoms with Gasteiger partial charge in [-0.3, -0.25) is 9.59 Å². The summed E-state index contributed by atoms with van der Waals surface area (Å²) in [6.07, 6.45) is 0.234. The lowest BCUT2D eigenvalue weighted by Gasteiger charge is -2.18. The van der Waals surface area contributed by atoms with Gasteiger partial charge >= 0.3 is 5.97 Å². The van der Waals surface area contributed by atoms with E-state index < -0.39 is 35.0 Å². The van der Waals surface area contributed by atoms with Gasteiger partial charge in [-0.05, 0) is 12.0 Å². The largest absolute Gasteiger partial charge is 0.480 e. The van der Waals surface area contributed by atoms with Gasteiger partial charge in [-0.15, -0.1) is 0 Å². The Morgan fingerprint density at radius 3 is 2.25 bits per heavy atom. The molecule has 0 aliphatic rings. The van der Waals surface area contributed by atoms with E-state index in [1.165, 1.54) is 0 Å². The molecule has 1 aromatic carbocycles. The van der Waals surface area contributed by atoms with Crippen LogP contribution in [0.1, 0.15) is 5.56 Å².